The van der Waals surface area contributed by atoms with Gasteiger partial charge < -0.3 is 9.80 Å². The van der Waals surface area contributed by atoms with Gasteiger partial charge in [-0.2, -0.15) is 0 Å². The van der Waals surface area contributed by atoms with Gasteiger partial charge in [0.1, 0.15) is 0 Å². The molecule has 0 bridgehead atoms. The molecule has 0 aromatic carbocycles. The van der Waals surface area contributed by atoms with E-state index >= 15 is 0 Å². The van der Waals surface area contributed by atoms with Gasteiger partial charge in [-0.25, -0.2) is 0 Å². The summed E-state index contributed by atoms with van der Waals surface area (Å²) in [6.45, 7) is 3.60. The Balaban J connectivity index is 1.59. The minimum absolute atomic E-state index is 0.0272. The predicted octanol–water partition coefficient (Wildman–Crippen LogP) is 2.46. The van der Waals surface area contributed by atoms with E-state index in [1.165, 1.54) is 4.88 Å². The third kappa shape index (κ3) is 3.82. The molecule has 0 saturated carbocycles. The van der Waals surface area contributed by atoms with E-state index in [1.807, 2.05) is 25.2 Å². The number of hydrogen-bond acceptors (Lipinski definition) is 4. The van der Waals surface area contributed by atoms with Gasteiger partial charge in [-0.15, -0.1) is 11.3 Å². The molecule has 5 nitrogen and oxygen atoms in total. The van der Waals surface area contributed by atoms with E-state index in [4.69, 9.17) is 0 Å². The molecule has 1 fully saturated rings. The van der Waals surface area contributed by atoms with Crippen molar-refractivity contribution in [2.45, 2.75) is 26.4 Å². The Morgan fingerprint density at radius 2 is 2.21 bits per heavy atom. The van der Waals surface area contributed by atoms with Crippen molar-refractivity contribution < 1.29 is 9.59 Å². The number of pyridine rings is 1. The quantitative estimate of drug-likeness (QED) is 0.838. The molecule has 1 saturated heterocycles. The molecule has 1 aliphatic rings. The van der Waals surface area contributed by atoms with Crippen LogP contribution in [0.1, 0.15) is 21.9 Å². The molecule has 0 N–H and O–H groups in total. The van der Waals surface area contributed by atoms with Gasteiger partial charge in [0.05, 0.1) is 24.7 Å². The number of carbonyl (C=O) groups is 2. The Hall–Kier alpha value is -2.21. The number of aryl methyl sites for hydroxylation is 1. The standard InChI is InChI=1S/C18H21N3O2S/c1-13-6-7-16(24-13)12-20(2)18(23)14-9-17(22)21(10-14)11-15-5-3-4-8-19-15/h3-8,14H,9-12H2,1-2H3/t14-/m0/s1. The predicted molar refractivity (Wildman–Crippen MR) is 93.3 cm³/mol. The molecule has 0 radical (unpaired) electrons. The molecule has 2 amide bonds. The summed E-state index contributed by atoms with van der Waals surface area (Å²) in [4.78, 5) is 35.0. The van der Waals surface area contributed by atoms with Crippen LogP contribution in [0.25, 0.3) is 0 Å². The summed E-state index contributed by atoms with van der Waals surface area (Å²) in [5.41, 5.74) is 0.848. The Bertz CT molecular complexity index is 729. The molecule has 1 aliphatic heterocycles. The van der Waals surface area contributed by atoms with Gasteiger partial charge in [-0.3, -0.25) is 14.6 Å². The van der Waals surface area contributed by atoms with Crippen molar-refractivity contribution in [1.82, 2.24) is 14.8 Å². The Morgan fingerprint density at radius 1 is 1.38 bits per heavy atom. The van der Waals surface area contributed by atoms with Crippen molar-refractivity contribution >= 4 is 23.2 Å². The zero-order valence-corrected chi connectivity index (χ0v) is 14.8. The van der Waals surface area contributed by atoms with E-state index in [1.54, 1.807) is 27.3 Å². The molecule has 2 aromatic heterocycles. The Morgan fingerprint density at radius 3 is 2.88 bits per heavy atom. The summed E-state index contributed by atoms with van der Waals surface area (Å²) < 4.78 is 0. The number of hydrogen-bond donors (Lipinski definition) is 0. The first-order chi connectivity index (χ1) is 11.5. The fourth-order valence-electron chi connectivity index (χ4n) is 2.97. The van der Waals surface area contributed by atoms with E-state index in [-0.39, 0.29) is 17.7 Å². The lowest BCUT2D eigenvalue weighted by Crippen LogP contribution is -2.34. The lowest BCUT2D eigenvalue weighted by atomic mass is 10.1. The van der Waals surface area contributed by atoms with Crippen molar-refractivity contribution in [3.8, 4) is 0 Å². The van der Waals surface area contributed by atoms with Crippen LogP contribution in [0.3, 0.4) is 0 Å². The Labute approximate surface area is 145 Å². The average molecular weight is 343 g/mol. The van der Waals surface area contributed by atoms with Crippen LogP contribution >= 0.6 is 11.3 Å². The maximum atomic E-state index is 12.6. The number of likely N-dealkylation sites (tertiary alicyclic amines) is 1. The topological polar surface area (TPSA) is 53.5 Å². The van der Waals surface area contributed by atoms with E-state index < -0.39 is 0 Å². The molecule has 24 heavy (non-hydrogen) atoms. The number of aromatic nitrogens is 1. The molecular weight excluding hydrogens is 322 g/mol. The van der Waals surface area contributed by atoms with E-state index in [0.717, 1.165) is 10.6 Å². The first-order valence-electron chi connectivity index (χ1n) is 8.01. The van der Waals surface area contributed by atoms with E-state index in [9.17, 15) is 9.59 Å². The van der Waals surface area contributed by atoms with Crippen LogP contribution in [0.15, 0.2) is 36.5 Å². The molecule has 3 heterocycles. The van der Waals surface area contributed by atoms with Gasteiger partial charge in [-0.1, -0.05) is 6.07 Å². The maximum absolute atomic E-state index is 12.6. The third-order valence-corrected chi connectivity index (χ3v) is 5.19. The summed E-state index contributed by atoms with van der Waals surface area (Å²) >= 11 is 1.70. The van der Waals surface area contributed by atoms with Crippen molar-refractivity contribution in [3.63, 3.8) is 0 Å². The lowest BCUT2D eigenvalue weighted by molar-refractivity contribution is -0.135. The molecule has 6 heteroatoms. The summed E-state index contributed by atoms with van der Waals surface area (Å²) in [6, 6.07) is 9.77. The Kier molecular flexibility index (Phi) is 4.94. The van der Waals surface area contributed by atoms with Crippen LogP contribution in [0.5, 0.6) is 0 Å². The zero-order chi connectivity index (χ0) is 17.1. The second-order valence-corrected chi connectivity index (χ2v) is 7.58. The largest absolute Gasteiger partial charge is 0.340 e. The SMILES string of the molecule is Cc1ccc(CN(C)C(=O)[C@H]2CC(=O)N(Cc3ccccn3)C2)s1. The smallest absolute Gasteiger partial charge is 0.228 e. The van der Waals surface area contributed by atoms with Crippen LogP contribution in [0, 0.1) is 12.8 Å². The van der Waals surface area contributed by atoms with Crippen molar-refractivity contribution in [2.24, 2.45) is 5.92 Å². The monoisotopic (exact) mass is 343 g/mol. The number of carbonyl (C=O) groups excluding carboxylic acids is 2. The fourth-order valence-corrected chi connectivity index (χ4v) is 3.91. The van der Waals surface area contributed by atoms with Gasteiger partial charge in [-0.05, 0) is 31.2 Å². The second kappa shape index (κ2) is 7.13. The summed E-state index contributed by atoms with van der Waals surface area (Å²) in [6.07, 6.45) is 2.01. The molecule has 126 valence electrons. The highest BCUT2D eigenvalue weighted by Crippen LogP contribution is 2.23. The molecule has 0 unspecified atom stereocenters. The van der Waals surface area contributed by atoms with Crippen molar-refractivity contribution in [2.75, 3.05) is 13.6 Å². The number of amides is 2. The van der Waals surface area contributed by atoms with Gasteiger partial charge in [0.15, 0.2) is 0 Å². The highest BCUT2D eigenvalue weighted by molar-refractivity contribution is 7.11. The molecular formula is C18H21N3O2S. The van der Waals surface area contributed by atoms with E-state index in [2.05, 4.69) is 24.0 Å². The molecule has 3 rings (SSSR count). The van der Waals surface area contributed by atoms with Gasteiger partial charge in [0, 0.05) is 36.0 Å². The summed E-state index contributed by atoms with van der Waals surface area (Å²) in [7, 11) is 1.81. The third-order valence-electron chi connectivity index (χ3n) is 4.21. The molecule has 2 aromatic rings. The number of rotatable bonds is 5. The first kappa shape index (κ1) is 16.6. The van der Waals surface area contributed by atoms with Crippen LogP contribution < -0.4 is 0 Å². The molecule has 0 spiro atoms. The highest BCUT2D eigenvalue weighted by atomic mass is 32.1. The summed E-state index contributed by atoms with van der Waals surface area (Å²) in [5, 5.41) is 0. The van der Waals surface area contributed by atoms with Crippen molar-refractivity contribution in [1.29, 1.82) is 0 Å². The second-order valence-electron chi connectivity index (χ2n) is 6.20. The van der Waals surface area contributed by atoms with Crippen LogP contribution in [0.4, 0.5) is 0 Å². The highest BCUT2D eigenvalue weighted by Gasteiger charge is 2.35. The normalized spacial score (nSPS) is 17.3. The minimum Gasteiger partial charge on any atom is -0.340 e. The summed E-state index contributed by atoms with van der Waals surface area (Å²) in [5.74, 6) is -0.190. The van der Waals surface area contributed by atoms with Gasteiger partial charge in [0.2, 0.25) is 11.8 Å². The van der Waals surface area contributed by atoms with Crippen molar-refractivity contribution in [3.05, 3.63) is 52.0 Å². The van der Waals surface area contributed by atoms with Crippen LogP contribution in [-0.4, -0.2) is 40.2 Å². The molecule has 0 aliphatic carbocycles. The zero-order valence-electron chi connectivity index (χ0n) is 13.9. The number of nitrogens with zero attached hydrogens (tertiary/aromatic N) is 3. The molecule has 1 atom stereocenters. The van der Waals surface area contributed by atoms with E-state index in [0.29, 0.717) is 26.1 Å². The first-order valence-corrected chi connectivity index (χ1v) is 8.82. The minimum atomic E-state index is -0.257. The fraction of sp³-hybridized carbons (Fsp3) is 0.389. The lowest BCUT2D eigenvalue weighted by Gasteiger charge is -2.21. The van der Waals surface area contributed by atoms with Crippen LogP contribution in [-0.2, 0) is 22.7 Å². The average Bonchev–Trinajstić information content (AvgIpc) is 3.14. The van der Waals surface area contributed by atoms with Gasteiger partial charge >= 0.3 is 0 Å². The maximum Gasteiger partial charge on any atom is 0.228 e. The van der Waals surface area contributed by atoms with Crippen LogP contribution in [0.2, 0.25) is 0 Å². The number of thiophene rings is 1. The van der Waals surface area contributed by atoms with Gasteiger partial charge in [0.25, 0.3) is 0 Å².